The van der Waals surface area contributed by atoms with Gasteiger partial charge in [0.15, 0.2) is 0 Å². The number of nitrogens with one attached hydrogen (secondary N) is 1. The van der Waals surface area contributed by atoms with Crippen molar-refractivity contribution in [2.75, 3.05) is 7.05 Å². The third-order valence-electron chi connectivity index (χ3n) is 0.814. The molecule has 0 atom stereocenters. The molecule has 0 saturated heterocycles. The van der Waals surface area contributed by atoms with Crippen molar-refractivity contribution in [1.82, 2.24) is 5.32 Å². The van der Waals surface area contributed by atoms with E-state index in [-0.39, 0.29) is 0 Å². The highest BCUT2D eigenvalue weighted by Gasteiger charge is 2.18. The molecule has 0 bridgehead atoms. The molecule has 0 unspecified atom stereocenters. The van der Waals surface area contributed by atoms with E-state index < -0.39 is 16.5 Å². The molecule has 0 aromatic carbocycles. The molecular weight excluding hydrogens is 138 g/mol. The maximum Gasteiger partial charge on any atom is 0.348 e. The maximum absolute atomic E-state index is 10.5. The molecule has 0 rings (SSSR count). The summed E-state index contributed by atoms with van der Waals surface area (Å²) in [5.41, 5.74) is 4.14. The Morgan fingerprint density at radius 1 is 1.80 bits per heavy atom. The van der Waals surface area contributed by atoms with E-state index in [1.54, 1.807) is 0 Å². The van der Waals surface area contributed by atoms with Crippen molar-refractivity contribution in [1.29, 1.82) is 0 Å². The summed E-state index contributed by atoms with van der Waals surface area (Å²) < 4.78 is 0. The van der Waals surface area contributed by atoms with Gasteiger partial charge < -0.3 is 11.1 Å². The molecule has 0 radical (unpaired) electrons. The summed E-state index contributed by atoms with van der Waals surface area (Å²) in [6, 6.07) is 0. The van der Waals surface area contributed by atoms with Crippen molar-refractivity contribution in [3.63, 3.8) is 0 Å². The summed E-state index contributed by atoms with van der Waals surface area (Å²) in [5.74, 6) is -0.799. The highest BCUT2D eigenvalue weighted by Crippen LogP contribution is 1.90. The lowest BCUT2D eigenvalue weighted by molar-refractivity contribution is -0.419. The number of nitrogens with zero attached hydrogens (tertiary/aromatic N) is 1. The Bertz CT molecular complexity index is 186. The van der Waals surface area contributed by atoms with Gasteiger partial charge in [-0.3, -0.25) is 14.9 Å². The predicted molar refractivity (Wildman–Crippen MR) is 33.3 cm³/mol. The van der Waals surface area contributed by atoms with Gasteiger partial charge in [0.25, 0.3) is 0 Å². The molecule has 56 valence electrons. The molecule has 10 heavy (non-hydrogen) atoms. The molecule has 0 aliphatic carbocycles. The van der Waals surface area contributed by atoms with Gasteiger partial charge in [-0.15, -0.1) is 0 Å². The number of amides is 1. The van der Waals surface area contributed by atoms with Crippen LogP contribution in [-0.2, 0) is 4.79 Å². The molecule has 0 aliphatic heterocycles. The van der Waals surface area contributed by atoms with Crippen LogP contribution in [0.25, 0.3) is 0 Å². The van der Waals surface area contributed by atoms with Gasteiger partial charge in [0.1, 0.15) is 0 Å². The van der Waals surface area contributed by atoms with Gasteiger partial charge in [-0.1, -0.05) is 0 Å². The number of carbonyl (C=O) groups is 1. The lowest BCUT2D eigenvalue weighted by Gasteiger charge is -1.93. The summed E-state index contributed by atoms with van der Waals surface area (Å²) >= 11 is 0. The number of carbonyl (C=O) groups excluding carboxylic acids is 1. The average Bonchev–Trinajstić information content (AvgIpc) is 1.88. The Hall–Kier alpha value is -1.59. The number of hydrogen-bond acceptors (Lipinski definition) is 4. The molecule has 6 heteroatoms. The van der Waals surface area contributed by atoms with Crippen LogP contribution in [0.1, 0.15) is 0 Å². The van der Waals surface area contributed by atoms with Gasteiger partial charge in [0.05, 0.1) is 11.1 Å². The van der Waals surface area contributed by atoms with Crippen LogP contribution in [0.3, 0.4) is 0 Å². The molecule has 0 aromatic heterocycles. The third kappa shape index (κ3) is 1.73. The molecule has 0 spiro atoms. The first-order valence-electron chi connectivity index (χ1n) is 2.41. The van der Waals surface area contributed by atoms with E-state index in [2.05, 4.69) is 5.32 Å². The van der Waals surface area contributed by atoms with E-state index in [0.717, 1.165) is 0 Å². The average molecular weight is 145 g/mol. The monoisotopic (exact) mass is 145 g/mol. The van der Waals surface area contributed by atoms with Gasteiger partial charge in [0, 0.05) is 7.05 Å². The largest absolute Gasteiger partial charge is 0.399 e. The smallest absolute Gasteiger partial charge is 0.348 e. The van der Waals surface area contributed by atoms with Crippen molar-refractivity contribution in [3.8, 4) is 0 Å². The number of nitro groups is 1. The molecule has 0 heterocycles. The molecule has 0 aliphatic rings. The lowest BCUT2D eigenvalue weighted by Crippen LogP contribution is -2.25. The molecule has 6 nitrogen and oxygen atoms in total. The zero-order valence-electron chi connectivity index (χ0n) is 5.33. The van der Waals surface area contributed by atoms with Crippen LogP contribution >= 0.6 is 0 Å². The number of hydrogen-bond donors (Lipinski definition) is 2. The summed E-state index contributed by atoms with van der Waals surface area (Å²) in [5, 5.41) is 12.0. The molecule has 0 aromatic rings. The zero-order chi connectivity index (χ0) is 8.15. The molecular formula is C4H7N3O3. The van der Waals surface area contributed by atoms with Gasteiger partial charge in [-0.2, -0.15) is 0 Å². The van der Waals surface area contributed by atoms with Crippen molar-refractivity contribution >= 4 is 5.91 Å². The highest BCUT2D eigenvalue weighted by molar-refractivity contribution is 5.90. The Morgan fingerprint density at radius 2 is 2.30 bits per heavy atom. The van der Waals surface area contributed by atoms with Crippen LogP contribution in [0.5, 0.6) is 0 Å². The number of likely N-dealkylation sites (N-methyl/N-ethyl adjacent to an activating group) is 1. The fraction of sp³-hybridized carbons (Fsp3) is 0.250. The predicted octanol–water partition coefficient (Wildman–Crippen LogP) is -1.19. The second-order valence-corrected chi connectivity index (χ2v) is 1.39. The van der Waals surface area contributed by atoms with Crippen LogP contribution < -0.4 is 11.1 Å². The SMILES string of the molecule is CNC(=O)/C(=C\N)[N+](=O)[O-]. The fourth-order valence-corrected chi connectivity index (χ4v) is 0.348. The van der Waals surface area contributed by atoms with E-state index in [0.29, 0.717) is 6.20 Å². The summed E-state index contributed by atoms with van der Waals surface area (Å²) in [6.07, 6.45) is 0.652. The molecule has 1 amide bonds. The summed E-state index contributed by atoms with van der Waals surface area (Å²) in [4.78, 5) is 19.6. The third-order valence-corrected chi connectivity index (χ3v) is 0.814. The quantitative estimate of drug-likeness (QED) is 0.290. The van der Waals surface area contributed by atoms with Crippen molar-refractivity contribution in [2.45, 2.75) is 0 Å². The van der Waals surface area contributed by atoms with E-state index in [9.17, 15) is 14.9 Å². The minimum absolute atomic E-state index is 0.650. The van der Waals surface area contributed by atoms with E-state index in [1.807, 2.05) is 0 Å². The zero-order valence-corrected chi connectivity index (χ0v) is 5.33. The Kier molecular flexibility index (Phi) is 2.89. The van der Waals surface area contributed by atoms with E-state index in [1.165, 1.54) is 7.05 Å². The fourth-order valence-electron chi connectivity index (χ4n) is 0.348. The summed E-state index contributed by atoms with van der Waals surface area (Å²) in [7, 11) is 1.29. The first kappa shape index (κ1) is 8.41. The Labute approximate surface area is 56.8 Å². The minimum atomic E-state index is -0.848. The molecule has 0 saturated carbocycles. The second-order valence-electron chi connectivity index (χ2n) is 1.39. The van der Waals surface area contributed by atoms with Gasteiger partial charge in [-0.25, -0.2) is 0 Å². The first-order valence-corrected chi connectivity index (χ1v) is 2.41. The lowest BCUT2D eigenvalue weighted by atomic mass is 10.4. The normalized spacial score (nSPS) is 10.7. The first-order chi connectivity index (χ1) is 4.63. The second kappa shape index (κ2) is 3.44. The Morgan fingerprint density at radius 3 is 2.40 bits per heavy atom. The molecule has 3 N–H and O–H groups in total. The number of rotatable bonds is 2. The van der Waals surface area contributed by atoms with Gasteiger partial charge >= 0.3 is 11.6 Å². The maximum atomic E-state index is 10.5. The summed E-state index contributed by atoms with van der Waals surface area (Å²) in [6.45, 7) is 0. The minimum Gasteiger partial charge on any atom is -0.399 e. The van der Waals surface area contributed by atoms with Gasteiger partial charge in [-0.05, 0) is 0 Å². The van der Waals surface area contributed by atoms with Crippen LogP contribution in [-0.4, -0.2) is 17.9 Å². The standard InChI is InChI=1S/C4H7N3O3/c1-6-4(8)3(2-5)7(9)10/h2H,5H2,1H3,(H,6,8)/b3-2+. The topological polar surface area (TPSA) is 98.3 Å². The molecule has 0 fully saturated rings. The van der Waals surface area contributed by atoms with Crippen LogP contribution in [0.15, 0.2) is 11.9 Å². The highest BCUT2D eigenvalue weighted by atomic mass is 16.6. The van der Waals surface area contributed by atoms with E-state index >= 15 is 0 Å². The van der Waals surface area contributed by atoms with Crippen LogP contribution in [0.2, 0.25) is 0 Å². The van der Waals surface area contributed by atoms with Crippen molar-refractivity contribution < 1.29 is 9.72 Å². The Balaban J connectivity index is 4.39. The van der Waals surface area contributed by atoms with Crippen molar-refractivity contribution in [3.05, 3.63) is 22.0 Å². The van der Waals surface area contributed by atoms with Crippen LogP contribution in [0, 0.1) is 10.1 Å². The van der Waals surface area contributed by atoms with Crippen molar-refractivity contribution in [2.24, 2.45) is 5.73 Å². The van der Waals surface area contributed by atoms with Crippen LogP contribution in [0.4, 0.5) is 0 Å². The van der Waals surface area contributed by atoms with Gasteiger partial charge in [0.2, 0.25) is 0 Å². The number of nitrogens with two attached hydrogens (primary N) is 1. The van der Waals surface area contributed by atoms with E-state index in [4.69, 9.17) is 5.73 Å².